The molecule has 2 N–H and O–H groups in total. The van der Waals surface area contributed by atoms with Crippen LogP contribution in [0.5, 0.6) is 0 Å². The van der Waals surface area contributed by atoms with Crippen molar-refractivity contribution in [1.82, 2.24) is 4.98 Å². The first-order chi connectivity index (χ1) is 7.20. The summed E-state index contributed by atoms with van der Waals surface area (Å²) in [7, 11) is 0. The molecule has 1 heterocycles. The van der Waals surface area contributed by atoms with E-state index in [0.717, 1.165) is 21.1 Å². The number of aromatic nitrogens is 1. The minimum Gasteiger partial charge on any atom is -0.330 e. The van der Waals surface area contributed by atoms with Gasteiger partial charge in [0, 0.05) is 28.0 Å². The number of fused-ring (bicyclic) bond motifs is 1. The van der Waals surface area contributed by atoms with Crippen molar-refractivity contribution in [3.8, 4) is 0 Å². The molecule has 0 radical (unpaired) electrons. The van der Waals surface area contributed by atoms with E-state index in [4.69, 9.17) is 5.73 Å². The Morgan fingerprint density at radius 1 is 1.33 bits per heavy atom. The van der Waals surface area contributed by atoms with Crippen LogP contribution in [0.15, 0.2) is 34.8 Å². The molecular formula is C12H13BrN2. The molecule has 1 unspecified atom stereocenters. The molecular weight excluding hydrogens is 252 g/mol. The second-order valence-electron chi connectivity index (χ2n) is 3.71. The van der Waals surface area contributed by atoms with Crippen molar-refractivity contribution >= 4 is 26.8 Å². The van der Waals surface area contributed by atoms with E-state index in [1.807, 2.05) is 18.2 Å². The van der Waals surface area contributed by atoms with E-state index in [9.17, 15) is 0 Å². The summed E-state index contributed by atoms with van der Waals surface area (Å²) in [4.78, 5) is 4.59. The summed E-state index contributed by atoms with van der Waals surface area (Å²) >= 11 is 3.45. The maximum absolute atomic E-state index is 5.62. The Balaban J connectivity index is 2.52. The predicted molar refractivity (Wildman–Crippen MR) is 66.9 cm³/mol. The van der Waals surface area contributed by atoms with Crippen LogP contribution >= 0.6 is 15.9 Å². The van der Waals surface area contributed by atoms with Gasteiger partial charge in [-0.1, -0.05) is 28.9 Å². The van der Waals surface area contributed by atoms with Crippen LogP contribution in [-0.4, -0.2) is 11.5 Å². The molecule has 78 valence electrons. The number of hydrogen-bond acceptors (Lipinski definition) is 2. The first-order valence-corrected chi connectivity index (χ1v) is 5.76. The van der Waals surface area contributed by atoms with Crippen molar-refractivity contribution in [3.63, 3.8) is 0 Å². The van der Waals surface area contributed by atoms with E-state index in [0.29, 0.717) is 12.5 Å². The van der Waals surface area contributed by atoms with Crippen LogP contribution in [0.2, 0.25) is 0 Å². The average Bonchev–Trinajstić information content (AvgIpc) is 2.27. The maximum atomic E-state index is 5.62. The van der Waals surface area contributed by atoms with Crippen LogP contribution in [0.25, 0.3) is 10.9 Å². The van der Waals surface area contributed by atoms with Gasteiger partial charge in [0.1, 0.15) is 0 Å². The number of nitrogens with two attached hydrogens (primary N) is 1. The molecule has 1 atom stereocenters. The first kappa shape index (κ1) is 10.6. The molecule has 0 aliphatic heterocycles. The number of hydrogen-bond donors (Lipinski definition) is 1. The predicted octanol–water partition coefficient (Wildman–Crippen LogP) is 3.06. The molecule has 0 amide bonds. The SMILES string of the molecule is CC(CN)c1ccc2cc(Br)ccc2n1. The fraction of sp³-hybridized carbons (Fsp3) is 0.250. The zero-order chi connectivity index (χ0) is 10.8. The fourth-order valence-electron chi connectivity index (χ4n) is 1.51. The lowest BCUT2D eigenvalue weighted by Gasteiger charge is -2.08. The van der Waals surface area contributed by atoms with E-state index in [1.165, 1.54) is 0 Å². The van der Waals surface area contributed by atoms with Gasteiger partial charge in [0.2, 0.25) is 0 Å². The van der Waals surface area contributed by atoms with E-state index in [2.05, 4.69) is 40.0 Å². The van der Waals surface area contributed by atoms with E-state index in [1.54, 1.807) is 0 Å². The van der Waals surface area contributed by atoms with Crippen molar-refractivity contribution in [1.29, 1.82) is 0 Å². The molecule has 2 nitrogen and oxygen atoms in total. The summed E-state index contributed by atoms with van der Waals surface area (Å²) in [6, 6.07) is 10.2. The van der Waals surface area contributed by atoms with Gasteiger partial charge in [0.25, 0.3) is 0 Å². The Labute approximate surface area is 97.6 Å². The highest BCUT2D eigenvalue weighted by atomic mass is 79.9. The summed E-state index contributed by atoms with van der Waals surface area (Å²) in [6.45, 7) is 2.72. The second-order valence-corrected chi connectivity index (χ2v) is 4.63. The van der Waals surface area contributed by atoms with Crippen LogP contribution in [0.4, 0.5) is 0 Å². The number of benzene rings is 1. The average molecular weight is 265 g/mol. The van der Waals surface area contributed by atoms with E-state index in [-0.39, 0.29) is 0 Å². The summed E-state index contributed by atoms with van der Waals surface area (Å²) in [5.74, 6) is 0.318. The molecule has 1 aromatic heterocycles. The molecule has 0 fully saturated rings. The van der Waals surface area contributed by atoms with Crippen LogP contribution in [0.1, 0.15) is 18.5 Å². The number of halogens is 1. The van der Waals surface area contributed by atoms with Gasteiger partial charge in [-0.3, -0.25) is 4.98 Å². The fourth-order valence-corrected chi connectivity index (χ4v) is 1.89. The zero-order valence-corrected chi connectivity index (χ0v) is 10.2. The lowest BCUT2D eigenvalue weighted by molar-refractivity contribution is 0.750. The van der Waals surface area contributed by atoms with Crippen LogP contribution in [0.3, 0.4) is 0 Å². The van der Waals surface area contributed by atoms with Gasteiger partial charge < -0.3 is 5.73 Å². The van der Waals surface area contributed by atoms with Crippen molar-refractivity contribution in [3.05, 3.63) is 40.5 Å². The Morgan fingerprint density at radius 3 is 2.87 bits per heavy atom. The third-order valence-corrected chi connectivity index (χ3v) is 3.02. The monoisotopic (exact) mass is 264 g/mol. The summed E-state index contributed by atoms with van der Waals surface area (Å²) in [6.07, 6.45) is 0. The highest BCUT2D eigenvalue weighted by molar-refractivity contribution is 9.10. The Morgan fingerprint density at radius 2 is 2.13 bits per heavy atom. The molecule has 0 spiro atoms. The summed E-state index contributed by atoms with van der Waals surface area (Å²) in [5.41, 5.74) is 7.71. The van der Waals surface area contributed by atoms with Gasteiger partial charge in [-0.05, 0) is 24.3 Å². The molecule has 2 aromatic rings. The minimum absolute atomic E-state index is 0.318. The van der Waals surface area contributed by atoms with Crippen LogP contribution in [-0.2, 0) is 0 Å². The highest BCUT2D eigenvalue weighted by Gasteiger charge is 2.05. The van der Waals surface area contributed by atoms with Crippen molar-refractivity contribution in [2.45, 2.75) is 12.8 Å². The lowest BCUT2D eigenvalue weighted by Crippen LogP contribution is -2.10. The Bertz CT molecular complexity index is 482. The molecule has 3 heteroatoms. The van der Waals surface area contributed by atoms with Gasteiger partial charge in [0.05, 0.1) is 5.52 Å². The largest absolute Gasteiger partial charge is 0.330 e. The molecule has 15 heavy (non-hydrogen) atoms. The number of pyridine rings is 1. The van der Waals surface area contributed by atoms with Gasteiger partial charge >= 0.3 is 0 Å². The Kier molecular flexibility index (Phi) is 3.03. The molecule has 0 saturated heterocycles. The van der Waals surface area contributed by atoms with E-state index >= 15 is 0 Å². The van der Waals surface area contributed by atoms with Gasteiger partial charge in [-0.2, -0.15) is 0 Å². The summed E-state index contributed by atoms with van der Waals surface area (Å²) in [5, 5.41) is 1.15. The minimum atomic E-state index is 0.318. The standard InChI is InChI=1S/C12H13BrN2/c1-8(7-14)11-4-2-9-6-10(13)3-5-12(9)15-11/h2-6,8H,7,14H2,1H3. The maximum Gasteiger partial charge on any atom is 0.0706 e. The normalized spacial score (nSPS) is 13.0. The van der Waals surface area contributed by atoms with E-state index < -0.39 is 0 Å². The summed E-state index contributed by atoms with van der Waals surface area (Å²) < 4.78 is 1.08. The Hall–Kier alpha value is -0.930. The van der Waals surface area contributed by atoms with Crippen LogP contribution < -0.4 is 5.73 Å². The van der Waals surface area contributed by atoms with Gasteiger partial charge in [-0.15, -0.1) is 0 Å². The van der Waals surface area contributed by atoms with Crippen molar-refractivity contribution in [2.24, 2.45) is 5.73 Å². The molecule has 0 bridgehead atoms. The number of nitrogens with zero attached hydrogens (tertiary/aromatic N) is 1. The smallest absolute Gasteiger partial charge is 0.0706 e. The second kappa shape index (κ2) is 4.29. The van der Waals surface area contributed by atoms with Gasteiger partial charge in [0.15, 0.2) is 0 Å². The van der Waals surface area contributed by atoms with Gasteiger partial charge in [-0.25, -0.2) is 0 Å². The lowest BCUT2D eigenvalue weighted by atomic mass is 10.1. The number of rotatable bonds is 2. The van der Waals surface area contributed by atoms with Crippen LogP contribution in [0, 0.1) is 0 Å². The molecule has 1 aromatic carbocycles. The third kappa shape index (κ3) is 2.19. The molecule has 0 aliphatic rings. The molecule has 2 rings (SSSR count). The van der Waals surface area contributed by atoms with Crippen molar-refractivity contribution in [2.75, 3.05) is 6.54 Å². The quantitative estimate of drug-likeness (QED) is 0.906. The van der Waals surface area contributed by atoms with Crippen molar-refractivity contribution < 1.29 is 0 Å². The first-order valence-electron chi connectivity index (χ1n) is 4.97. The highest BCUT2D eigenvalue weighted by Crippen LogP contribution is 2.20. The molecule has 0 saturated carbocycles. The third-order valence-electron chi connectivity index (χ3n) is 2.53. The molecule has 0 aliphatic carbocycles. The zero-order valence-electron chi connectivity index (χ0n) is 8.57. The topological polar surface area (TPSA) is 38.9 Å².